The summed E-state index contributed by atoms with van der Waals surface area (Å²) in [6, 6.07) is 10.1. The summed E-state index contributed by atoms with van der Waals surface area (Å²) in [6.45, 7) is 0.550. The van der Waals surface area contributed by atoms with Gasteiger partial charge in [0.1, 0.15) is 0 Å². The highest BCUT2D eigenvalue weighted by Crippen LogP contribution is 2.05. The van der Waals surface area contributed by atoms with Crippen LogP contribution < -0.4 is 11.1 Å². The van der Waals surface area contributed by atoms with Crippen LogP contribution in [0.5, 0.6) is 0 Å². The van der Waals surface area contributed by atoms with Crippen LogP contribution in [0.15, 0.2) is 24.3 Å². The zero-order chi connectivity index (χ0) is 9.52. The number of hydrogen-bond donors (Lipinski definition) is 2. The second-order valence-electron chi connectivity index (χ2n) is 2.73. The van der Waals surface area contributed by atoms with Gasteiger partial charge in [0, 0.05) is 12.1 Å². The lowest BCUT2D eigenvalue weighted by molar-refractivity contribution is -0.116. The van der Waals surface area contributed by atoms with Gasteiger partial charge in [-0.1, -0.05) is 12.1 Å². The summed E-state index contributed by atoms with van der Waals surface area (Å²) in [5.74, 6) is 0.00468. The lowest BCUT2D eigenvalue weighted by Gasteiger charge is -2.02. The molecule has 0 aliphatic rings. The number of anilines is 1. The van der Waals surface area contributed by atoms with Crippen molar-refractivity contribution in [2.24, 2.45) is 5.73 Å². The van der Waals surface area contributed by atoms with Gasteiger partial charge in [-0.2, -0.15) is 0 Å². The van der Waals surface area contributed by atoms with E-state index in [9.17, 15) is 4.79 Å². The number of carbonyl (C=O) groups excluding carboxylic acids is 1. The number of amides is 1. The number of hydrogen-bond acceptors (Lipinski definition) is 2. The van der Waals surface area contributed by atoms with Gasteiger partial charge in [0.05, 0.1) is 0 Å². The lowest BCUT2D eigenvalue weighted by Crippen LogP contribution is -2.13. The highest BCUT2D eigenvalue weighted by atomic mass is 16.1. The molecule has 1 rings (SSSR count). The summed E-state index contributed by atoms with van der Waals surface area (Å²) >= 11 is 0. The third-order valence-corrected chi connectivity index (χ3v) is 1.60. The second kappa shape index (κ2) is 5.32. The lowest BCUT2D eigenvalue weighted by atomic mass is 10.2. The summed E-state index contributed by atoms with van der Waals surface area (Å²) in [5, 5.41) is 2.75. The Morgan fingerprint density at radius 2 is 2.46 bits per heavy atom. The zero-order valence-corrected chi connectivity index (χ0v) is 7.42. The first kappa shape index (κ1) is 9.74. The largest absolute Gasteiger partial charge is 0.330 e. The minimum Gasteiger partial charge on any atom is -0.330 e. The molecular weight excluding hydrogens is 164 g/mol. The molecule has 1 amide bonds. The minimum absolute atomic E-state index is 0.00468. The number of nitrogens with one attached hydrogen (secondary N) is 1. The first-order valence-corrected chi connectivity index (χ1v) is 4.29. The molecule has 69 valence electrons. The molecule has 0 aliphatic heterocycles. The third-order valence-electron chi connectivity index (χ3n) is 1.60. The monoisotopic (exact) mass is 177 g/mol. The molecule has 0 aliphatic carbocycles. The second-order valence-corrected chi connectivity index (χ2v) is 2.73. The van der Waals surface area contributed by atoms with Crippen LogP contribution in [0, 0.1) is 6.07 Å². The molecular formula is C10H13N2O. The van der Waals surface area contributed by atoms with Crippen LogP contribution in [0.3, 0.4) is 0 Å². The van der Waals surface area contributed by atoms with Crippen molar-refractivity contribution in [3.05, 3.63) is 30.3 Å². The van der Waals surface area contributed by atoms with Crippen molar-refractivity contribution in [2.75, 3.05) is 11.9 Å². The van der Waals surface area contributed by atoms with E-state index in [0.29, 0.717) is 13.0 Å². The Balaban J connectivity index is 2.37. The van der Waals surface area contributed by atoms with E-state index in [2.05, 4.69) is 11.4 Å². The van der Waals surface area contributed by atoms with Crippen molar-refractivity contribution in [2.45, 2.75) is 12.8 Å². The van der Waals surface area contributed by atoms with Crippen LogP contribution in [0.25, 0.3) is 0 Å². The summed E-state index contributed by atoms with van der Waals surface area (Å²) in [5.41, 5.74) is 6.07. The molecule has 0 aromatic heterocycles. The van der Waals surface area contributed by atoms with Crippen LogP contribution in [-0.2, 0) is 4.79 Å². The topological polar surface area (TPSA) is 55.1 Å². The van der Waals surface area contributed by atoms with Gasteiger partial charge in [0.15, 0.2) is 0 Å². The van der Waals surface area contributed by atoms with E-state index < -0.39 is 0 Å². The number of carbonyl (C=O) groups is 1. The van der Waals surface area contributed by atoms with Crippen LogP contribution in [-0.4, -0.2) is 12.5 Å². The van der Waals surface area contributed by atoms with Crippen molar-refractivity contribution in [1.82, 2.24) is 0 Å². The molecule has 0 saturated carbocycles. The maximum absolute atomic E-state index is 11.2. The molecule has 0 unspecified atom stereocenters. The third kappa shape index (κ3) is 3.71. The van der Waals surface area contributed by atoms with Gasteiger partial charge in [-0.3, -0.25) is 4.79 Å². The van der Waals surface area contributed by atoms with Crippen LogP contribution >= 0.6 is 0 Å². The van der Waals surface area contributed by atoms with Gasteiger partial charge >= 0.3 is 0 Å². The average Bonchev–Trinajstić information content (AvgIpc) is 2.16. The Bertz CT molecular complexity index is 259. The highest BCUT2D eigenvalue weighted by Gasteiger charge is 1.99. The van der Waals surface area contributed by atoms with Gasteiger partial charge in [-0.15, -0.1) is 0 Å². The van der Waals surface area contributed by atoms with E-state index in [0.717, 1.165) is 12.1 Å². The van der Waals surface area contributed by atoms with Gasteiger partial charge in [-0.05, 0) is 31.2 Å². The maximum Gasteiger partial charge on any atom is 0.224 e. The Morgan fingerprint density at radius 1 is 1.62 bits per heavy atom. The predicted molar refractivity (Wildman–Crippen MR) is 52.2 cm³/mol. The fourth-order valence-corrected chi connectivity index (χ4v) is 0.957. The summed E-state index contributed by atoms with van der Waals surface area (Å²) in [6.07, 6.45) is 1.20. The molecule has 0 fully saturated rings. The van der Waals surface area contributed by atoms with Crippen LogP contribution in [0.4, 0.5) is 5.69 Å². The Morgan fingerprint density at radius 3 is 3.08 bits per heavy atom. The normalized spacial score (nSPS) is 9.62. The molecule has 3 heteroatoms. The molecule has 1 aromatic carbocycles. The quantitative estimate of drug-likeness (QED) is 0.725. The highest BCUT2D eigenvalue weighted by molar-refractivity contribution is 5.90. The van der Waals surface area contributed by atoms with E-state index in [4.69, 9.17) is 5.73 Å². The molecule has 0 spiro atoms. The van der Waals surface area contributed by atoms with E-state index in [1.165, 1.54) is 0 Å². The van der Waals surface area contributed by atoms with Crippen molar-refractivity contribution in [1.29, 1.82) is 0 Å². The fraction of sp³-hybridized carbons (Fsp3) is 0.300. The molecule has 1 radical (unpaired) electrons. The number of nitrogens with two attached hydrogens (primary N) is 1. The first-order chi connectivity index (χ1) is 6.33. The Hall–Kier alpha value is -1.35. The molecule has 1 aromatic rings. The molecule has 3 nitrogen and oxygen atoms in total. The smallest absolute Gasteiger partial charge is 0.224 e. The van der Waals surface area contributed by atoms with E-state index in [-0.39, 0.29) is 5.91 Å². The van der Waals surface area contributed by atoms with Crippen molar-refractivity contribution in [3.63, 3.8) is 0 Å². The molecule has 3 N–H and O–H groups in total. The van der Waals surface area contributed by atoms with Crippen molar-refractivity contribution >= 4 is 11.6 Å². The zero-order valence-electron chi connectivity index (χ0n) is 7.42. The van der Waals surface area contributed by atoms with E-state index >= 15 is 0 Å². The molecule has 0 bridgehead atoms. The van der Waals surface area contributed by atoms with E-state index in [1.807, 2.05) is 12.1 Å². The predicted octanol–water partition coefficient (Wildman–Crippen LogP) is 1.16. The molecule has 13 heavy (non-hydrogen) atoms. The molecule has 0 heterocycles. The SMILES string of the molecule is NCCCC(=O)Nc1c[c]ccc1. The summed E-state index contributed by atoms with van der Waals surface area (Å²) < 4.78 is 0. The van der Waals surface area contributed by atoms with Gasteiger partial charge < -0.3 is 11.1 Å². The standard InChI is InChI=1S/C10H13N2O/c11-8-4-7-10(13)12-9-5-2-1-3-6-9/h1-2,5-6H,4,7-8,11H2,(H,12,13). The number of rotatable bonds is 4. The number of benzene rings is 1. The molecule has 0 atom stereocenters. The minimum atomic E-state index is 0.00468. The van der Waals surface area contributed by atoms with Crippen LogP contribution in [0.2, 0.25) is 0 Å². The van der Waals surface area contributed by atoms with Crippen molar-refractivity contribution in [3.8, 4) is 0 Å². The van der Waals surface area contributed by atoms with Gasteiger partial charge in [0.2, 0.25) is 5.91 Å². The summed E-state index contributed by atoms with van der Waals surface area (Å²) in [4.78, 5) is 11.2. The van der Waals surface area contributed by atoms with Gasteiger partial charge in [0.25, 0.3) is 0 Å². The van der Waals surface area contributed by atoms with E-state index in [1.54, 1.807) is 12.1 Å². The summed E-state index contributed by atoms with van der Waals surface area (Å²) in [7, 11) is 0. The average molecular weight is 177 g/mol. The first-order valence-electron chi connectivity index (χ1n) is 4.29. The van der Waals surface area contributed by atoms with Gasteiger partial charge in [-0.25, -0.2) is 0 Å². The molecule has 0 saturated heterocycles. The maximum atomic E-state index is 11.2. The Labute approximate surface area is 77.9 Å². The van der Waals surface area contributed by atoms with Crippen molar-refractivity contribution < 1.29 is 4.79 Å². The van der Waals surface area contributed by atoms with Crippen LogP contribution in [0.1, 0.15) is 12.8 Å². The fourth-order valence-electron chi connectivity index (χ4n) is 0.957. The Kier molecular flexibility index (Phi) is 3.99.